The SMILES string of the molecule is CC1=Nc2ccc3cc(S(=O)(=O)O)ccc3c2C1(C)C. The van der Waals surface area contributed by atoms with Crippen LogP contribution in [0.2, 0.25) is 0 Å². The summed E-state index contributed by atoms with van der Waals surface area (Å²) in [6, 6.07) is 8.40. The molecule has 2 aromatic carbocycles. The summed E-state index contributed by atoms with van der Waals surface area (Å²) in [4.78, 5) is 4.49. The number of hydrogen-bond acceptors (Lipinski definition) is 3. The predicted octanol–water partition coefficient (Wildman–Crippen LogP) is 3.47. The van der Waals surface area contributed by atoms with Crippen molar-refractivity contribution in [3.8, 4) is 0 Å². The highest BCUT2D eigenvalue weighted by Gasteiger charge is 2.33. The van der Waals surface area contributed by atoms with Crippen LogP contribution in [-0.4, -0.2) is 18.7 Å². The van der Waals surface area contributed by atoms with Gasteiger partial charge in [-0.3, -0.25) is 9.55 Å². The zero-order chi connectivity index (χ0) is 14.7. The van der Waals surface area contributed by atoms with Crippen LogP contribution in [0.1, 0.15) is 26.3 Å². The highest BCUT2D eigenvalue weighted by Crippen LogP contribution is 2.44. The van der Waals surface area contributed by atoms with Gasteiger partial charge < -0.3 is 0 Å². The van der Waals surface area contributed by atoms with E-state index in [0.29, 0.717) is 0 Å². The second kappa shape index (κ2) is 3.90. The Morgan fingerprint density at radius 1 is 1.15 bits per heavy atom. The van der Waals surface area contributed by atoms with Crippen LogP contribution in [-0.2, 0) is 15.5 Å². The lowest BCUT2D eigenvalue weighted by molar-refractivity contribution is 0.483. The topological polar surface area (TPSA) is 66.7 Å². The minimum absolute atomic E-state index is 0.0848. The second-order valence-corrected chi connectivity index (χ2v) is 7.06. The van der Waals surface area contributed by atoms with Gasteiger partial charge in [0.05, 0.1) is 10.6 Å². The molecule has 3 rings (SSSR count). The van der Waals surface area contributed by atoms with Gasteiger partial charge in [0.15, 0.2) is 0 Å². The van der Waals surface area contributed by atoms with E-state index in [1.54, 1.807) is 6.07 Å². The molecule has 4 nitrogen and oxygen atoms in total. The minimum Gasteiger partial charge on any atom is -0.282 e. The number of hydrogen-bond donors (Lipinski definition) is 1. The van der Waals surface area contributed by atoms with Gasteiger partial charge in [-0.2, -0.15) is 8.42 Å². The highest BCUT2D eigenvalue weighted by molar-refractivity contribution is 7.85. The van der Waals surface area contributed by atoms with Crippen molar-refractivity contribution in [2.24, 2.45) is 4.99 Å². The lowest BCUT2D eigenvalue weighted by atomic mass is 9.80. The standard InChI is InChI=1S/C15H15NO3S/c1-9-15(2,3)14-12-6-5-11(20(17,18)19)8-10(12)4-7-13(14)16-9/h4-8H,1-3H3,(H,17,18,19). The normalized spacial score (nSPS) is 17.1. The van der Waals surface area contributed by atoms with E-state index in [1.807, 2.05) is 19.1 Å². The average Bonchev–Trinajstić information content (AvgIpc) is 2.58. The Labute approximate surface area is 117 Å². The maximum atomic E-state index is 11.2. The number of aliphatic imine (C=N–C) groups is 1. The number of nitrogens with zero attached hydrogens (tertiary/aromatic N) is 1. The molecule has 0 spiro atoms. The quantitative estimate of drug-likeness (QED) is 0.817. The fourth-order valence-corrected chi connectivity index (χ4v) is 3.22. The first-order valence-electron chi connectivity index (χ1n) is 6.32. The molecule has 0 atom stereocenters. The fourth-order valence-electron chi connectivity index (χ4n) is 2.71. The molecule has 0 unspecified atom stereocenters. The van der Waals surface area contributed by atoms with Crippen LogP contribution in [0.4, 0.5) is 5.69 Å². The summed E-state index contributed by atoms with van der Waals surface area (Å²) < 4.78 is 31.6. The molecule has 0 saturated carbocycles. The Balaban J connectivity index is 2.34. The van der Waals surface area contributed by atoms with Crippen molar-refractivity contribution < 1.29 is 13.0 Å². The number of fused-ring (bicyclic) bond motifs is 3. The second-order valence-electron chi connectivity index (χ2n) is 5.64. The van der Waals surface area contributed by atoms with Crippen molar-refractivity contribution in [1.82, 2.24) is 0 Å². The van der Waals surface area contributed by atoms with Crippen molar-refractivity contribution >= 4 is 32.3 Å². The Morgan fingerprint density at radius 2 is 1.85 bits per heavy atom. The highest BCUT2D eigenvalue weighted by atomic mass is 32.2. The van der Waals surface area contributed by atoms with Crippen LogP contribution in [0, 0.1) is 0 Å². The van der Waals surface area contributed by atoms with Gasteiger partial charge >= 0.3 is 0 Å². The molecule has 1 heterocycles. The molecule has 0 saturated heterocycles. The Morgan fingerprint density at radius 3 is 2.50 bits per heavy atom. The maximum Gasteiger partial charge on any atom is 0.294 e. The largest absolute Gasteiger partial charge is 0.294 e. The lowest BCUT2D eigenvalue weighted by Gasteiger charge is -2.22. The van der Waals surface area contributed by atoms with Crippen molar-refractivity contribution in [2.75, 3.05) is 0 Å². The summed E-state index contributed by atoms with van der Waals surface area (Å²) in [7, 11) is -4.18. The van der Waals surface area contributed by atoms with E-state index in [-0.39, 0.29) is 10.3 Å². The Hall–Kier alpha value is -1.72. The lowest BCUT2D eigenvalue weighted by Crippen LogP contribution is -2.22. The third-order valence-electron chi connectivity index (χ3n) is 4.08. The van der Waals surface area contributed by atoms with Crippen molar-refractivity contribution in [1.29, 1.82) is 0 Å². The van der Waals surface area contributed by atoms with Crippen LogP contribution < -0.4 is 0 Å². The van der Waals surface area contributed by atoms with Crippen LogP contribution in [0.15, 0.2) is 40.2 Å². The molecule has 0 bridgehead atoms. The van der Waals surface area contributed by atoms with Crippen LogP contribution >= 0.6 is 0 Å². The summed E-state index contributed by atoms with van der Waals surface area (Å²) in [5.41, 5.74) is 2.90. The molecular weight excluding hydrogens is 274 g/mol. The van der Waals surface area contributed by atoms with Gasteiger partial charge in [0.25, 0.3) is 10.1 Å². The minimum atomic E-state index is -4.18. The first-order valence-corrected chi connectivity index (χ1v) is 7.76. The molecular formula is C15H15NO3S. The average molecular weight is 289 g/mol. The molecule has 0 aromatic heterocycles. The molecule has 1 aliphatic heterocycles. The smallest absolute Gasteiger partial charge is 0.282 e. The van der Waals surface area contributed by atoms with Gasteiger partial charge in [-0.05, 0) is 41.5 Å². The first kappa shape index (κ1) is 13.3. The van der Waals surface area contributed by atoms with Crippen LogP contribution in [0.3, 0.4) is 0 Å². The van der Waals surface area contributed by atoms with Gasteiger partial charge in [-0.25, -0.2) is 0 Å². The van der Waals surface area contributed by atoms with E-state index in [1.165, 1.54) is 12.1 Å². The number of benzene rings is 2. The summed E-state index contributed by atoms with van der Waals surface area (Å²) in [6.45, 7) is 6.21. The van der Waals surface area contributed by atoms with Gasteiger partial charge in [0.1, 0.15) is 0 Å². The molecule has 5 heteroatoms. The molecule has 0 fully saturated rings. The van der Waals surface area contributed by atoms with E-state index >= 15 is 0 Å². The fraction of sp³-hybridized carbons (Fsp3) is 0.267. The first-order chi connectivity index (χ1) is 9.21. The van der Waals surface area contributed by atoms with E-state index < -0.39 is 10.1 Å². The zero-order valence-corrected chi connectivity index (χ0v) is 12.3. The van der Waals surface area contributed by atoms with Gasteiger partial charge in [-0.1, -0.05) is 26.0 Å². The summed E-state index contributed by atoms with van der Waals surface area (Å²) >= 11 is 0. The van der Waals surface area contributed by atoms with E-state index in [4.69, 9.17) is 4.55 Å². The van der Waals surface area contributed by atoms with Gasteiger partial charge in [0, 0.05) is 11.1 Å². The monoisotopic (exact) mass is 289 g/mol. The van der Waals surface area contributed by atoms with Crippen molar-refractivity contribution in [3.05, 3.63) is 35.9 Å². The van der Waals surface area contributed by atoms with Crippen molar-refractivity contribution in [2.45, 2.75) is 31.1 Å². The van der Waals surface area contributed by atoms with Gasteiger partial charge in [-0.15, -0.1) is 0 Å². The molecule has 0 amide bonds. The molecule has 2 aromatic rings. The van der Waals surface area contributed by atoms with E-state index in [0.717, 1.165) is 27.7 Å². The summed E-state index contributed by atoms with van der Waals surface area (Å²) in [5, 5.41) is 1.76. The zero-order valence-electron chi connectivity index (χ0n) is 11.5. The maximum absolute atomic E-state index is 11.2. The summed E-state index contributed by atoms with van der Waals surface area (Å²) in [5.74, 6) is 0. The molecule has 20 heavy (non-hydrogen) atoms. The Bertz CT molecular complexity index is 864. The summed E-state index contributed by atoms with van der Waals surface area (Å²) in [6.07, 6.45) is 0. The molecule has 0 aliphatic carbocycles. The molecule has 1 N–H and O–H groups in total. The third kappa shape index (κ3) is 1.77. The molecule has 1 aliphatic rings. The van der Waals surface area contributed by atoms with E-state index in [9.17, 15) is 8.42 Å². The van der Waals surface area contributed by atoms with Crippen molar-refractivity contribution in [3.63, 3.8) is 0 Å². The molecule has 0 radical (unpaired) electrons. The van der Waals surface area contributed by atoms with Crippen LogP contribution in [0.5, 0.6) is 0 Å². The number of rotatable bonds is 1. The Kier molecular flexibility index (Phi) is 2.59. The van der Waals surface area contributed by atoms with E-state index in [2.05, 4.69) is 18.8 Å². The van der Waals surface area contributed by atoms with Gasteiger partial charge in [0.2, 0.25) is 0 Å². The molecule has 104 valence electrons. The third-order valence-corrected chi connectivity index (χ3v) is 4.93. The van der Waals surface area contributed by atoms with Crippen LogP contribution in [0.25, 0.3) is 10.8 Å². The predicted molar refractivity (Wildman–Crippen MR) is 79.6 cm³/mol.